The van der Waals surface area contributed by atoms with E-state index in [1.54, 1.807) is 24.3 Å². The Labute approximate surface area is 153 Å². The van der Waals surface area contributed by atoms with Gasteiger partial charge in [0.05, 0.1) is 11.3 Å². The van der Waals surface area contributed by atoms with Crippen LogP contribution in [0, 0.1) is 0 Å². The van der Waals surface area contributed by atoms with Crippen molar-refractivity contribution >= 4 is 17.4 Å². The van der Waals surface area contributed by atoms with Crippen molar-refractivity contribution in [2.75, 3.05) is 5.32 Å². The second-order valence-corrected chi connectivity index (χ2v) is 6.58. The van der Waals surface area contributed by atoms with Gasteiger partial charge in [-0.3, -0.25) is 4.79 Å². The molecule has 2 aromatic rings. The van der Waals surface area contributed by atoms with Crippen molar-refractivity contribution in [2.24, 2.45) is 0 Å². The van der Waals surface area contributed by atoms with Crippen LogP contribution in [0.15, 0.2) is 36.4 Å². The van der Waals surface area contributed by atoms with E-state index in [9.17, 15) is 19.8 Å². The van der Waals surface area contributed by atoms with Gasteiger partial charge in [0.2, 0.25) is 0 Å². The molecule has 0 fully saturated rings. The minimum absolute atomic E-state index is 0.00333. The molecule has 0 amide bonds. The van der Waals surface area contributed by atoms with Crippen LogP contribution in [0.4, 0.5) is 5.69 Å². The van der Waals surface area contributed by atoms with Crippen molar-refractivity contribution in [3.05, 3.63) is 58.7 Å². The van der Waals surface area contributed by atoms with E-state index >= 15 is 0 Å². The number of aryl methyl sites for hydroxylation is 1. The van der Waals surface area contributed by atoms with Crippen LogP contribution < -0.4 is 5.32 Å². The van der Waals surface area contributed by atoms with Crippen LogP contribution >= 0.6 is 0 Å². The van der Waals surface area contributed by atoms with Crippen LogP contribution in [0.1, 0.15) is 65.5 Å². The van der Waals surface area contributed by atoms with Crippen LogP contribution in [0.25, 0.3) is 0 Å². The SMILES string of the molecule is CCCCc1ccc(C(=O)c2ccccc2C(=O)O)c(NC(C)C)c1O. The smallest absolute Gasteiger partial charge is 0.336 e. The fourth-order valence-corrected chi connectivity index (χ4v) is 2.84. The van der Waals surface area contributed by atoms with Crippen LogP contribution in [-0.2, 0) is 6.42 Å². The van der Waals surface area contributed by atoms with Gasteiger partial charge in [0, 0.05) is 17.2 Å². The normalized spacial score (nSPS) is 10.8. The maximum Gasteiger partial charge on any atom is 0.336 e. The summed E-state index contributed by atoms with van der Waals surface area (Å²) in [5.41, 5.74) is 1.46. The van der Waals surface area contributed by atoms with Crippen LogP contribution in [0.3, 0.4) is 0 Å². The number of hydrogen-bond acceptors (Lipinski definition) is 4. The lowest BCUT2D eigenvalue weighted by Crippen LogP contribution is -2.16. The van der Waals surface area contributed by atoms with Gasteiger partial charge in [-0.2, -0.15) is 0 Å². The minimum atomic E-state index is -1.16. The Bertz CT molecular complexity index is 812. The highest BCUT2D eigenvalue weighted by molar-refractivity contribution is 6.17. The number of phenolic OH excluding ortho intramolecular Hbond substituents is 1. The van der Waals surface area contributed by atoms with Gasteiger partial charge in [0.1, 0.15) is 5.75 Å². The number of carboxylic acid groups (broad SMARTS) is 1. The molecular weight excluding hydrogens is 330 g/mol. The molecule has 3 N–H and O–H groups in total. The zero-order valence-corrected chi connectivity index (χ0v) is 15.4. The molecule has 0 aliphatic carbocycles. The average molecular weight is 355 g/mol. The Kier molecular flexibility index (Phi) is 6.39. The average Bonchev–Trinajstić information content (AvgIpc) is 2.61. The molecular formula is C21H25NO4. The predicted molar refractivity (Wildman–Crippen MR) is 102 cm³/mol. The first-order chi connectivity index (χ1) is 12.4. The van der Waals surface area contributed by atoms with E-state index in [4.69, 9.17) is 0 Å². The summed E-state index contributed by atoms with van der Waals surface area (Å²) < 4.78 is 0. The minimum Gasteiger partial charge on any atom is -0.505 e. The third-order valence-corrected chi connectivity index (χ3v) is 4.14. The maximum atomic E-state index is 13.0. The van der Waals surface area contributed by atoms with E-state index < -0.39 is 11.8 Å². The Morgan fingerprint density at radius 1 is 1.04 bits per heavy atom. The fraction of sp³-hybridized carbons (Fsp3) is 0.333. The summed E-state index contributed by atoms with van der Waals surface area (Å²) in [6.45, 7) is 5.90. The number of carboxylic acids is 1. The molecule has 5 heteroatoms. The number of rotatable bonds is 8. The molecule has 2 aromatic carbocycles. The van der Waals surface area contributed by atoms with Gasteiger partial charge in [0.25, 0.3) is 0 Å². The van der Waals surface area contributed by atoms with Gasteiger partial charge in [-0.05, 0) is 44.4 Å². The number of ketones is 1. The number of phenols is 1. The Morgan fingerprint density at radius 2 is 1.69 bits per heavy atom. The number of nitrogens with one attached hydrogen (secondary N) is 1. The number of carbonyl (C=O) groups excluding carboxylic acids is 1. The fourth-order valence-electron chi connectivity index (χ4n) is 2.84. The molecule has 5 nitrogen and oxygen atoms in total. The maximum absolute atomic E-state index is 13.0. The molecule has 2 rings (SSSR count). The van der Waals surface area contributed by atoms with Gasteiger partial charge in [-0.15, -0.1) is 0 Å². The third kappa shape index (κ3) is 4.23. The Hall–Kier alpha value is -2.82. The van der Waals surface area contributed by atoms with E-state index in [1.807, 2.05) is 13.8 Å². The number of aromatic hydroxyl groups is 1. The molecule has 0 spiro atoms. The number of anilines is 1. The quantitative estimate of drug-likeness (QED) is 0.480. The summed E-state index contributed by atoms with van der Waals surface area (Å²) in [4.78, 5) is 24.5. The van der Waals surface area contributed by atoms with Gasteiger partial charge in [0.15, 0.2) is 5.78 Å². The highest BCUT2D eigenvalue weighted by Crippen LogP contribution is 2.35. The first-order valence-corrected chi connectivity index (χ1v) is 8.85. The standard InChI is InChI=1S/C21H25NO4/c1-4-5-8-14-11-12-17(18(19(14)23)22-13(2)3)20(24)15-9-6-7-10-16(15)21(25)26/h6-7,9-13,22-23H,4-5,8H2,1-3H3,(H,25,26). The van der Waals surface area contributed by atoms with Gasteiger partial charge >= 0.3 is 5.97 Å². The first-order valence-electron chi connectivity index (χ1n) is 8.85. The van der Waals surface area contributed by atoms with Gasteiger partial charge < -0.3 is 15.5 Å². The number of carbonyl (C=O) groups is 2. The highest BCUT2D eigenvalue weighted by Gasteiger charge is 2.23. The lowest BCUT2D eigenvalue weighted by atomic mass is 9.94. The monoisotopic (exact) mass is 355 g/mol. The van der Waals surface area contributed by atoms with Crippen molar-refractivity contribution in [2.45, 2.75) is 46.1 Å². The molecule has 138 valence electrons. The Balaban J connectivity index is 2.56. The molecule has 26 heavy (non-hydrogen) atoms. The molecule has 0 unspecified atom stereocenters. The van der Waals surface area contributed by atoms with Gasteiger partial charge in [-0.25, -0.2) is 4.79 Å². The molecule has 0 heterocycles. The number of hydrogen-bond donors (Lipinski definition) is 3. The lowest BCUT2D eigenvalue weighted by Gasteiger charge is -2.18. The zero-order chi connectivity index (χ0) is 19.3. The molecule has 0 radical (unpaired) electrons. The molecule has 0 bridgehead atoms. The van der Waals surface area contributed by atoms with E-state index in [1.165, 1.54) is 12.1 Å². The largest absolute Gasteiger partial charge is 0.505 e. The van der Waals surface area contributed by atoms with Crippen molar-refractivity contribution in [3.8, 4) is 5.75 Å². The molecule has 0 saturated heterocycles. The van der Waals surface area contributed by atoms with E-state index in [0.717, 1.165) is 24.8 Å². The summed E-state index contributed by atoms with van der Waals surface area (Å²) in [5, 5.41) is 23.2. The van der Waals surface area contributed by atoms with Crippen LogP contribution in [0.2, 0.25) is 0 Å². The predicted octanol–water partition coefficient (Wildman–Crippen LogP) is 4.48. The Morgan fingerprint density at radius 3 is 2.27 bits per heavy atom. The van der Waals surface area contributed by atoms with Gasteiger partial charge in [-0.1, -0.05) is 37.6 Å². The summed E-state index contributed by atoms with van der Waals surface area (Å²) >= 11 is 0. The molecule has 0 atom stereocenters. The van der Waals surface area contributed by atoms with E-state index in [-0.39, 0.29) is 28.5 Å². The highest BCUT2D eigenvalue weighted by atomic mass is 16.4. The summed E-state index contributed by atoms with van der Waals surface area (Å²) in [6.07, 6.45) is 2.65. The van der Waals surface area contributed by atoms with E-state index in [2.05, 4.69) is 12.2 Å². The number of benzene rings is 2. The zero-order valence-electron chi connectivity index (χ0n) is 15.4. The first kappa shape index (κ1) is 19.5. The number of aromatic carboxylic acids is 1. The molecule has 0 aliphatic heterocycles. The molecule has 0 aliphatic rings. The molecule has 0 saturated carbocycles. The topological polar surface area (TPSA) is 86.6 Å². The summed E-state index contributed by atoms with van der Waals surface area (Å²) in [7, 11) is 0. The van der Waals surface area contributed by atoms with Crippen LogP contribution in [-0.4, -0.2) is 28.0 Å². The van der Waals surface area contributed by atoms with Crippen molar-refractivity contribution in [1.82, 2.24) is 0 Å². The second kappa shape index (κ2) is 8.52. The van der Waals surface area contributed by atoms with Crippen molar-refractivity contribution < 1.29 is 19.8 Å². The number of unbranched alkanes of at least 4 members (excludes halogenated alkanes) is 1. The second-order valence-electron chi connectivity index (χ2n) is 6.58. The van der Waals surface area contributed by atoms with Crippen molar-refractivity contribution in [1.29, 1.82) is 0 Å². The van der Waals surface area contributed by atoms with E-state index in [0.29, 0.717) is 5.69 Å². The third-order valence-electron chi connectivity index (χ3n) is 4.14. The van der Waals surface area contributed by atoms with Crippen LogP contribution in [0.5, 0.6) is 5.75 Å². The van der Waals surface area contributed by atoms with Crippen molar-refractivity contribution in [3.63, 3.8) is 0 Å². The molecule has 0 aromatic heterocycles. The lowest BCUT2D eigenvalue weighted by molar-refractivity contribution is 0.0693. The summed E-state index contributed by atoms with van der Waals surface area (Å²) in [6, 6.07) is 9.52. The summed E-state index contributed by atoms with van der Waals surface area (Å²) in [5.74, 6) is -1.52.